The van der Waals surface area contributed by atoms with Gasteiger partial charge in [0.05, 0.1) is 23.1 Å². The van der Waals surface area contributed by atoms with Gasteiger partial charge in [-0.2, -0.15) is 0 Å². The van der Waals surface area contributed by atoms with Crippen molar-refractivity contribution in [2.24, 2.45) is 0 Å². The van der Waals surface area contributed by atoms with E-state index in [1.165, 1.54) is 29.1 Å². The van der Waals surface area contributed by atoms with E-state index in [1.807, 2.05) is 27.7 Å². The van der Waals surface area contributed by atoms with Gasteiger partial charge in [-0.05, 0) is 67.9 Å². The molecule has 1 aromatic carbocycles. The lowest BCUT2D eigenvalue weighted by Gasteiger charge is -2.32. The summed E-state index contributed by atoms with van der Waals surface area (Å²) in [6.45, 7) is 7.40. The van der Waals surface area contributed by atoms with Crippen molar-refractivity contribution in [3.8, 4) is 5.69 Å². The van der Waals surface area contributed by atoms with Crippen LogP contribution in [0.5, 0.6) is 0 Å². The van der Waals surface area contributed by atoms with Gasteiger partial charge in [-0.1, -0.05) is 5.21 Å². The van der Waals surface area contributed by atoms with Gasteiger partial charge in [0.2, 0.25) is 0 Å². The molecule has 132 valence electrons. The summed E-state index contributed by atoms with van der Waals surface area (Å²) in [6.07, 6.45) is 2.74. The molecule has 2 heterocycles. The molecule has 0 saturated carbocycles. The number of hydrogen-bond acceptors (Lipinski definition) is 4. The zero-order valence-corrected chi connectivity index (χ0v) is 15.8. The molecule has 1 aliphatic heterocycles. The highest BCUT2D eigenvalue weighted by molar-refractivity contribution is 9.10. The van der Waals surface area contributed by atoms with Crippen molar-refractivity contribution in [1.82, 2.24) is 15.0 Å². The minimum absolute atomic E-state index is 0.295. The Kier molecular flexibility index (Phi) is 4.59. The lowest BCUT2D eigenvalue weighted by molar-refractivity contribution is 0.00578. The molecule has 0 bridgehead atoms. The van der Waals surface area contributed by atoms with Crippen LogP contribution >= 0.6 is 15.9 Å². The summed E-state index contributed by atoms with van der Waals surface area (Å²) in [4.78, 5) is 0. The minimum Gasteiger partial charge on any atom is -0.398 e. The van der Waals surface area contributed by atoms with Crippen molar-refractivity contribution in [1.29, 1.82) is 0 Å². The van der Waals surface area contributed by atoms with Crippen molar-refractivity contribution in [2.75, 3.05) is 0 Å². The highest BCUT2D eigenvalue weighted by atomic mass is 79.9. The van der Waals surface area contributed by atoms with E-state index >= 15 is 0 Å². The molecule has 1 aromatic heterocycles. The van der Waals surface area contributed by atoms with E-state index in [-0.39, 0.29) is 5.82 Å². The van der Waals surface area contributed by atoms with E-state index in [1.54, 1.807) is 6.07 Å². The summed E-state index contributed by atoms with van der Waals surface area (Å²) in [5.41, 5.74) is -0.962. The summed E-state index contributed by atoms with van der Waals surface area (Å²) >= 11 is 3.26. The molecule has 25 heavy (non-hydrogen) atoms. The first kappa shape index (κ1) is 18.2. The molecule has 0 aliphatic carbocycles. The predicted octanol–water partition coefficient (Wildman–Crippen LogP) is 4.11. The largest absolute Gasteiger partial charge is 0.525 e. The third-order valence-electron chi connectivity index (χ3n) is 4.43. The molecular weight excluding hydrogens is 395 g/mol. The van der Waals surface area contributed by atoms with Crippen molar-refractivity contribution in [3.05, 3.63) is 46.1 Å². The van der Waals surface area contributed by atoms with Gasteiger partial charge in [-0.15, -0.1) is 5.10 Å². The number of hydrogen-bond donors (Lipinski definition) is 0. The van der Waals surface area contributed by atoms with Crippen LogP contribution in [0.3, 0.4) is 0 Å². The maximum atomic E-state index is 14.5. The van der Waals surface area contributed by atoms with E-state index in [0.717, 1.165) is 0 Å². The number of halogens is 3. The monoisotopic (exact) mass is 411 g/mol. The Morgan fingerprint density at radius 2 is 1.88 bits per heavy atom. The maximum absolute atomic E-state index is 14.5. The van der Waals surface area contributed by atoms with Crippen LogP contribution in [0.1, 0.15) is 33.4 Å². The molecule has 0 radical (unpaired) electrons. The lowest BCUT2D eigenvalue weighted by atomic mass is 9.87. The second-order valence-corrected chi connectivity index (χ2v) is 7.66. The van der Waals surface area contributed by atoms with E-state index in [4.69, 9.17) is 9.31 Å². The minimum atomic E-state index is -1.09. The van der Waals surface area contributed by atoms with Crippen molar-refractivity contribution in [3.63, 3.8) is 0 Å². The normalized spacial score (nSPS) is 19.5. The third kappa shape index (κ3) is 3.54. The van der Waals surface area contributed by atoms with Gasteiger partial charge in [0.1, 0.15) is 17.2 Å². The maximum Gasteiger partial charge on any atom is 0.525 e. The summed E-state index contributed by atoms with van der Waals surface area (Å²) in [6, 6.07) is 4.17. The van der Waals surface area contributed by atoms with Gasteiger partial charge >= 0.3 is 7.12 Å². The molecule has 1 fully saturated rings. The summed E-state index contributed by atoms with van der Waals surface area (Å²) < 4.78 is 40.9. The first-order chi connectivity index (χ1) is 11.6. The fourth-order valence-corrected chi connectivity index (χ4v) is 2.83. The summed E-state index contributed by atoms with van der Waals surface area (Å²) in [5.74, 6) is -0.373. The Bertz CT molecular complexity index is 823. The van der Waals surface area contributed by atoms with E-state index in [2.05, 4.69) is 26.2 Å². The van der Waals surface area contributed by atoms with Crippen LogP contribution < -0.4 is 0 Å². The molecule has 1 aliphatic rings. The second kappa shape index (κ2) is 6.30. The van der Waals surface area contributed by atoms with Gasteiger partial charge in [0.25, 0.3) is 0 Å². The van der Waals surface area contributed by atoms with Crippen molar-refractivity contribution >= 4 is 29.1 Å². The zero-order valence-electron chi connectivity index (χ0n) is 14.3. The van der Waals surface area contributed by atoms with Crippen molar-refractivity contribution in [2.45, 2.75) is 38.9 Å². The third-order valence-corrected chi connectivity index (χ3v) is 5.07. The molecule has 3 rings (SSSR count). The highest BCUT2D eigenvalue weighted by Crippen LogP contribution is 2.39. The average Bonchev–Trinajstić information content (AvgIpc) is 3.01. The van der Waals surface area contributed by atoms with Crippen LogP contribution in [0.15, 0.2) is 34.6 Å². The SMILES string of the molecule is CC1(C)OB(C(F)=Cc2cn(-c3ccc(F)cc3Br)nn2)OC1(C)C. The first-order valence-electron chi connectivity index (χ1n) is 7.69. The molecule has 2 aromatic rings. The van der Waals surface area contributed by atoms with E-state index in [0.29, 0.717) is 15.9 Å². The Balaban J connectivity index is 1.82. The lowest BCUT2D eigenvalue weighted by Crippen LogP contribution is -2.41. The average molecular weight is 412 g/mol. The summed E-state index contributed by atoms with van der Waals surface area (Å²) in [7, 11) is -1.09. The Hall–Kier alpha value is -1.58. The van der Waals surface area contributed by atoms with Crippen LogP contribution in [-0.4, -0.2) is 33.3 Å². The Morgan fingerprint density at radius 3 is 2.48 bits per heavy atom. The van der Waals surface area contributed by atoms with Gasteiger partial charge in [0, 0.05) is 4.47 Å². The molecular formula is C16H17BBrF2N3O2. The van der Waals surface area contributed by atoms with Crippen LogP contribution in [0, 0.1) is 5.82 Å². The fraction of sp³-hybridized carbons (Fsp3) is 0.375. The standard InChI is InChI=1S/C16H17BBrF2N3O2/c1-15(2)16(3,4)25-17(24-15)14(20)8-11-9-23(22-21-11)13-6-5-10(19)7-12(13)18/h5-9H,1-4H3. The van der Waals surface area contributed by atoms with Gasteiger partial charge in [-0.25, -0.2) is 13.5 Å². The van der Waals surface area contributed by atoms with E-state index in [9.17, 15) is 8.78 Å². The summed E-state index contributed by atoms with van der Waals surface area (Å²) in [5, 5.41) is 7.85. The molecule has 0 atom stereocenters. The van der Waals surface area contributed by atoms with Crippen LogP contribution in [0.25, 0.3) is 11.8 Å². The van der Waals surface area contributed by atoms with Crippen LogP contribution in [0.2, 0.25) is 0 Å². The molecule has 0 unspecified atom stereocenters. The highest BCUT2D eigenvalue weighted by Gasteiger charge is 2.53. The molecule has 0 spiro atoms. The topological polar surface area (TPSA) is 49.2 Å². The fourth-order valence-electron chi connectivity index (χ4n) is 2.29. The number of aromatic nitrogens is 3. The smallest absolute Gasteiger partial charge is 0.398 e. The number of rotatable bonds is 3. The number of benzene rings is 1. The number of nitrogens with zero attached hydrogens (tertiary/aromatic N) is 3. The van der Waals surface area contributed by atoms with E-state index < -0.39 is 24.0 Å². The van der Waals surface area contributed by atoms with Gasteiger partial charge in [-0.3, -0.25) is 0 Å². The molecule has 9 heteroatoms. The second-order valence-electron chi connectivity index (χ2n) is 6.80. The first-order valence-corrected chi connectivity index (χ1v) is 8.49. The molecule has 1 saturated heterocycles. The zero-order chi connectivity index (χ0) is 18.4. The Labute approximate surface area is 153 Å². The predicted molar refractivity (Wildman–Crippen MR) is 94.2 cm³/mol. The Morgan fingerprint density at radius 1 is 1.24 bits per heavy atom. The molecule has 0 N–H and O–H groups in total. The molecule has 5 nitrogen and oxygen atoms in total. The molecule has 0 amide bonds. The van der Waals surface area contributed by atoms with Gasteiger partial charge < -0.3 is 9.31 Å². The van der Waals surface area contributed by atoms with Crippen LogP contribution in [-0.2, 0) is 9.31 Å². The van der Waals surface area contributed by atoms with Crippen molar-refractivity contribution < 1.29 is 18.1 Å². The van der Waals surface area contributed by atoms with Crippen LogP contribution in [0.4, 0.5) is 8.78 Å². The quantitative estimate of drug-likeness (QED) is 0.713. The van der Waals surface area contributed by atoms with Gasteiger partial charge in [0.15, 0.2) is 0 Å².